The van der Waals surface area contributed by atoms with Gasteiger partial charge in [0.1, 0.15) is 12.4 Å². The number of aliphatic carboxylic acids is 1. The van der Waals surface area contributed by atoms with Crippen molar-refractivity contribution in [2.45, 2.75) is 31.3 Å². The third-order valence-electron chi connectivity index (χ3n) is 5.16. The maximum Gasteiger partial charge on any atom is 0.309 e. The molecule has 2 fully saturated rings. The molecule has 2 aliphatic rings. The van der Waals surface area contributed by atoms with E-state index in [-0.39, 0.29) is 25.5 Å². The number of rotatable bonds is 6. The second kappa shape index (κ2) is 7.41. The average molecular weight is 348 g/mol. The lowest BCUT2D eigenvalue weighted by atomic mass is 9.77. The normalized spacial score (nSPS) is 22.8. The summed E-state index contributed by atoms with van der Waals surface area (Å²) >= 11 is 0. The van der Waals surface area contributed by atoms with Crippen molar-refractivity contribution < 1.29 is 24.5 Å². The topological polar surface area (TPSA) is 99.1 Å². The Kier molecular flexibility index (Phi) is 5.24. The first-order valence-corrected chi connectivity index (χ1v) is 8.61. The molecule has 0 saturated carbocycles. The number of aliphatic hydroxyl groups excluding tert-OH is 1. The largest absolute Gasteiger partial charge is 0.491 e. The van der Waals surface area contributed by atoms with Crippen molar-refractivity contribution >= 4 is 11.9 Å². The molecule has 2 aliphatic heterocycles. The van der Waals surface area contributed by atoms with Crippen molar-refractivity contribution in [3.8, 4) is 5.75 Å². The van der Waals surface area contributed by atoms with Gasteiger partial charge >= 0.3 is 5.97 Å². The van der Waals surface area contributed by atoms with Crippen LogP contribution in [0, 0.1) is 5.92 Å². The lowest BCUT2D eigenvalue weighted by molar-refractivity contribution is -0.144. The number of benzene rings is 1. The first-order chi connectivity index (χ1) is 12.0. The van der Waals surface area contributed by atoms with E-state index in [9.17, 15) is 14.7 Å². The summed E-state index contributed by atoms with van der Waals surface area (Å²) in [6, 6.07) is 7.76. The van der Waals surface area contributed by atoms with Gasteiger partial charge in [-0.3, -0.25) is 14.5 Å². The number of likely N-dealkylation sites (tertiary alicyclic amines) is 1. The number of nitrogens with zero attached hydrogens (tertiary/aromatic N) is 1. The summed E-state index contributed by atoms with van der Waals surface area (Å²) < 4.78 is 5.43. The zero-order chi connectivity index (χ0) is 17.9. The number of hydrogen-bond donors (Lipinski definition) is 3. The van der Waals surface area contributed by atoms with Gasteiger partial charge in [-0.25, -0.2) is 0 Å². The second-order valence-corrected chi connectivity index (χ2v) is 6.79. The van der Waals surface area contributed by atoms with E-state index in [2.05, 4.69) is 10.2 Å². The van der Waals surface area contributed by atoms with Crippen LogP contribution in [0.1, 0.15) is 24.8 Å². The van der Waals surface area contributed by atoms with E-state index in [1.807, 2.05) is 24.3 Å². The molecule has 0 radical (unpaired) electrons. The van der Waals surface area contributed by atoms with E-state index in [0.717, 1.165) is 30.9 Å². The molecule has 1 aromatic rings. The molecular weight excluding hydrogens is 324 g/mol. The van der Waals surface area contributed by atoms with Crippen molar-refractivity contribution in [3.05, 3.63) is 29.8 Å². The van der Waals surface area contributed by atoms with E-state index in [1.54, 1.807) is 0 Å². The molecule has 1 unspecified atom stereocenters. The molecule has 25 heavy (non-hydrogen) atoms. The van der Waals surface area contributed by atoms with Crippen molar-refractivity contribution in [1.29, 1.82) is 0 Å². The smallest absolute Gasteiger partial charge is 0.309 e. The van der Waals surface area contributed by atoms with E-state index >= 15 is 0 Å². The molecule has 1 atom stereocenters. The number of carboxylic acids is 1. The molecule has 1 amide bonds. The highest BCUT2D eigenvalue weighted by Gasteiger charge is 2.51. The quantitative estimate of drug-likeness (QED) is 0.697. The Morgan fingerprint density at radius 3 is 2.80 bits per heavy atom. The number of piperidine rings is 1. The molecule has 2 heterocycles. The van der Waals surface area contributed by atoms with Crippen LogP contribution in [0.15, 0.2) is 24.3 Å². The summed E-state index contributed by atoms with van der Waals surface area (Å²) in [6.45, 7) is 2.48. The van der Waals surface area contributed by atoms with Crippen molar-refractivity contribution in [2.24, 2.45) is 5.92 Å². The van der Waals surface area contributed by atoms with Crippen LogP contribution < -0.4 is 10.1 Å². The molecule has 7 nitrogen and oxygen atoms in total. The Labute approximate surface area is 146 Å². The van der Waals surface area contributed by atoms with Crippen LogP contribution in [0.5, 0.6) is 5.75 Å². The Morgan fingerprint density at radius 2 is 2.12 bits per heavy atom. The highest BCUT2D eigenvalue weighted by Crippen LogP contribution is 2.37. The third kappa shape index (κ3) is 3.93. The van der Waals surface area contributed by atoms with Crippen LogP contribution in [-0.4, -0.2) is 58.8 Å². The summed E-state index contributed by atoms with van der Waals surface area (Å²) in [4.78, 5) is 25.5. The summed E-state index contributed by atoms with van der Waals surface area (Å²) in [5, 5.41) is 21.2. The number of carbonyl (C=O) groups is 2. The van der Waals surface area contributed by atoms with Gasteiger partial charge in [-0.05, 0) is 30.5 Å². The van der Waals surface area contributed by atoms with Crippen LogP contribution in [0.25, 0.3) is 0 Å². The van der Waals surface area contributed by atoms with Gasteiger partial charge in [0.15, 0.2) is 0 Å². The lowest BCUT2D eigenvalue weighted by Gasteiger charge is -2.41. The summed E-state index contributed by atoms with van der Waals surface area (Å²) in [5.74, 6) is -0.943. The van der Waals surface area contributed by atoms with Crippen LogP contribution in [0.2, 0.25) is 0 Å². The number of carboxylic acid groups (broad SMARTS) is 1. The monoisotopic (exact) mass is 348 g/mol. The first kappa shape index (κ1) is 17.7. The predicted molar refractivity (Wildman–Crippen MR) is 90.2 cm³/mol. The fourth-order valence-electron chi connectivity index (χ4n) is 3.86. The minimum Gasteiger partial charge on any atom is -0.491 e. The van der Waals surface area contributed by atoms with Gasteiger partial charge in [-0.2, -0.15) is 0 Å². The molecule has 3 rings (SSSR count). The molecule has 1 spiro atoms. The summed E-state index contributed by atoms with van der Waals surface area (Å²) in [6.07, 6.45) is 1.38. The standard InChI is InChI=1S/C18H24N2O5/c21-8-9-25-14-3-1-2-13(10-14)12-20-6-4-18(5-7-20)15(17(23)24)11-16(22)19-18/h1-3,10,15,21H,4-9,11-12H2,(H,19,22)(H,23,24). The Morgan fingerprint density at radius 1 is 1.36 bits per heavy atom. The number of hydrogen-bond acceptors (Lipinski definition) is 5. The molecule has 2 saturated heterocycles. The Balaban J connectivity index is 1.59. The number of ether oxygens (including phenoxy) is 1. The highest BCUT2D eigenvalue weighted by atomic mass is 16.5. The molecule has 0 aromatic heterocycles. The van der Waals surface area contributed by atoms with Gasteiger partial charge in [0.25, 0.3) is 0 Å². The molecule has 1 aromatic carbocycles. The molecular formula is C18H24N2O5. The summed E-state index contributed by atoms with van der Waals surface area (Å²) in [5.41, 5.74) is 0.516. The lowest BCUT2D eigenvalue weighted by Crippen LogP contribution is -2.55. The minimum absolute atomic E-state index is 0.0189. The number of carbonyl (C=O) groups excluding carboxylic acids is 1. The van der Waals surface area contributed by atoms with Crippen LogP contribution in [0.4, 0.5) is 0 Å². The molecule has 7 heteroatoms. The Hall–Kier alpha value is -2.12. The molecule has 3 N–H and O–H groups in total. The second-order valence-electron chi connectivity index (χ2n) is 6.79. The SMILES string of the molecule is O=C1CC(C(=O)O)C2(CCN(Cc3cccc(OCCO)c3)CC2)N1. The summed E-state index contributed by atoms with van der Waals surface area (Å²) in [7, 11) is 0. The zero-order valence-corrected chi connectivity index (χ0v) is 14.1. The van der Waals surface area contributed by atoms with Gasteiger partial charge in [-0.15, -0.1) is 0 Å². The van der Waals surface area contributed by atoms with Gasteiger partial charge in [-0.1, -0.05) is 12.1 Å². The zero-order valence-electron chi connectivity index (χ0n) is 14.1. The van der Waals surface area contributed by atoms with E-state index in [4.69, 9.17) is 9.84 Å². The molecule has 0 aliphatic carbocycles. The van der Waals surface area contributed by atoms with Crippen molar-refractivity contribution in [3.63, 3.8) is 0 Å². The first-order valence-electron chi connectivity index (χ1n) is 8.61. The maximum atomic E-state index is 11.7. The molecule has 136 valence electrons. The van der Waals surface area contributed by atoms with Gasteiger partial charge in [0.05, 0.1) is 18.1 Å². The maximum absolute atomic E-state index is 11.7. The van der Waals surface area contributed by atoms with E-state index < -0.39 is 17.4 Å². The van der Waals surface area contributed by atoms with E-state index in [0.29, 0.717) is 12.8 Å². The minimum atomic E-state index is -0.888. The number of nitrogens with one attached hydrogen (secondary N) is 1. The van der Waals surface area contributed by atoms with Gasteiger partial charge in [0.2, 0.25) is 5.91 Å². The Bertz CT molecular complexity index is 640. The fourth-order valence-corrected chi connectivity index (χ4v) is 3.86. The van der Waals surface area contributed by atoms with Gasteiger partial charge < -0.3 is 20.3 Å². The van der Waals surface area contributed by atoms with Crippen LogP contribution in [0.3, 0.4) is 0 Å². The van der Waals surface area contributed by atoms with Crippen molar-refractivity contribution in [2.75, 3.05) is 26.3 Å². The highest BCUT2D eigenvalue weighted by molar-refractivity contribution is 5.88. The average Bonchev–Trinajstić information content (AvgIpc) is 2.92. The van der Waals surface area contributed by atoms with Crippen LogP contribution >= 0.6 is 0 Å². The third-order valence-corrected chi connectivity index (χ3v) is 5.16. The van der Waals surface area contributed by atoms with Crippen LogP contribution in [-0.2, 0) is 16.1 Å². The van der Waals surface area contributed by atoms with Gasteiger partial charge in [0, 0.05) is 26.1 Å². The van der Waals surface area contributed by atoms with Crippen molar-refractivity contribution in [1.82, 2.24) is 10.2 Å². The number of amides is 1. The predicted octanol–water partition coefficient (Wildman–Crippen LogP) is 0.613. The number of aliphatic hydroxyl groups is 1. The fraction of sp³-hybridized carbons (Fsp3) is 0.556. The van der Waals surface area contributed by atoms with E-state index in [1.165, 1.54) is 0 Å². The molecule has 0 bridgehead atoms.